The number of nitrogens with two attached hydrogens (primary N) is 1. The molecule has 1 atom stereocenters. The van der Waals surface area contributed by atoms with Crippen molar-refractivity contribution < 1.29 is 31.1 Å². The maximum atomic E-state index is 12.4. The molecule has 0 fully saturated rings. The fraction of sp³-hybridized carbons (Fsp3) is 0.455. The Morgan fingerprint density at radius 3 is 1.80 bits per heavy atom. The van der Waals surface area contributed by atoms with Gasteiger partial charge in [0, 0.05) is 11.6 Å². The van der Waals surface area contributed by atoms with Crippen LogP contribution in [0.15, 0.2) is 24.3 Å². The van der Waals surface area contributed by atoms with Crippen molar-refractivity contribution in [2.75, 3.05) is 6.54 Å². The van der Waals surface area contributed by atoms with Crippen molar-refractivity contribution in [1.29, 1.82) is 0 Å². The minimum atomic E-state index is -5.57. The first kappa shape index (κ1) is 17.1. The zero-order valence-corrected chi connectivity index (χ0v) is 10.6. The number of hydrogen-bond donors (Lipinski definition) is 1. The van der Waals surface area contributed by atoms with Gasteiger partial charge in [0.2, 0.25) is 6.10 Å². The molecule has 0 saturated carbocycles. The molecule has 0 aliphatic carbocycles. The van der Waals surface area contributed by atoms with Gasteiger partial charge in [-0.15, -0.1) is 0 Å². The summed E-state index contributed by atoms with van der Waals surface area (Å²) in [7, 11) is 0. The van der Waals surface area contributed by atoms with E-state index in [0.29, 0.717) is 0 Å². The Morgan fingerprint density at radius 1 is 1.00 bits per heavy atom. The highest BCUT2D eigenvalue weighted by atomic mass is 35.5. The van der Waals surface area contributed by atoms with E-state index >= 15 is 0 Å². The first-order chi connectivity index (χ1) is 9.05. The van der Waals surface area contributed by atoms with Crippen molar-refractivity contribution in [1.82, 2.24) is 0 Å². The second kappa shape index (κ2) is 6.19. The fourth-order valence-electron chi connectivity index (χ4n) is 1.45. The van der Waals surface area contributed by atoms with E-state index in [1.54, 1.807) is 0 Å². The lowest BCUT2D eigenvalue weighted by Crippen LogP contribution is -2.45. The number of benzene rings is 1. The summed E-state index contributed by atoms with van der Waals surface area (Å²) < 4.78 is 78.5. The fourth-order valence-corrected chi connectivity index (χ4v) is 1.58. The van der Waals surface area contributed by atoms with E-state index < -0.39 is 31.1 Å². The molecule has 0 radical (unpaired) electrons. The highest BCUT2D eigenvalue weighted by Crippen LogP contribution is 2.38. The van der Waals surface area contributed by atoms with E-state index in [4.69, 9.17) is 17.3 Å². The van der Waals surface area contributed by atoms with Crippen molar-refractivity contribution in [3.8, 4) is 0 Å². The summed E-state index contributed by atoms with van der Waals surface area (Å²) in [5.41, 5.74) is 5.26. The summed E-state index contributed by atoms with van der Waals surface area (Å²) in [6.07, 6.45) is -16.6. The molecule has 0 aliphatic rings. The largest absolute Gasteiger partial charge is 0.423 e. The zero-order valence-electron chi connectivity index (χ0n) is 9.80. The van der Waals surface area contributed by atoms with Crippen LogP contribution in [0.1, 0.15) is 11.7 Å². The topological polar surface area (TPSA) is 35.2 Å². The van der Waals surface area contributed by atoms with Gasteiger partial charge in [0.15, 0.2) is 0 Å². The molecule has 2 N–H and O–H groups in total. The van der Waals surface area contributed by atoms with Crippen LogP contribution in [0, 0.1) is 0 Å². The molecule has 0 saturated heterocycles. The van der Waals surface area contributed by atoms with Crippen LogP contribution in [-0.4, -0.2) is 25.0 Å². The summed E-state index contributed by atoms with van der Waals surface area (Å²) in [5, 5.41) is 0.285. The summed E-state index contributed by atoms with van der Waals surface area (Å²) >= 11 is 5.58. The molecular weight excluding hydrogens is 312 g/mol. The lowest BCUT2D eigenvalue weighted by Gasteiger charge is -2.27. The van der Waals surface area contributed by atoms with Crippen LogP contribution in [0.5, 0.6) is 0 Å². The van der Waals surface area contributed by atoms with Crippen molar-refractivity contribution >= 4 is 11.6 Å². The van der Waals surface area contributed by atoms with Gasteiger partial charge in [0.1, 0.15) is 0 Å². The standard InChI is InChI=1S/C11H10ClF6NO/c12-7-3-1-6(2-4-7)8(5-19)20-9(10(13,14)15)11(16,17)18/h1-4,8-9H,5,19H2. The van der Waals surface area contributed by atoms with Crippen molar-refractivity contribution in [3.05, 3.63) is 34.9 Å². The normalized spacial score (nSPS) is 14.7. The third kappa shape index (κ3) is 4.53. The maximum absolute atomic E-state index is 12.4. The zero-order chi connectivity index (χ0) is 15.6. The quantitative estimate of drug-likeness (QED) is 0.855. The molecule has 0 bridgehead atoms. The first-order valence-corrected chi connectivity index (χ1v) is 5.68. The van der Waals surface area contributed by atoms with E-state index in [2.05, 4.69) is 4.74 Å². The molecule has 9 heteroatoms. The van der Waals surface area contributed by atoms with Crippen molar-refractivity contribution in [2.24, 2.45) is 5.73 Å². The third-order valence-electron chi connectivity index (χ3n) is 2.35. The van der Waals surface area contributed by atoms with Crippen LogP contribution >= 0.6 is 11.6 Å². The monoisotopic (exact) mass is 321 g/mol. The van der Waals surface area contributed by atoms with Crippen LogP contribution in [0.4, 0.5) is 26.3 Å². The molecule has 0 amide bonds. The van der Waals surface area contributed by atoms with Gasteiger partial charge >= 0.3 is 12.4 Å². The van der Waals surface area contributed by atoms with Gasteiger partial charge in [0.05, 0.1) is 6.10 Å². The highest BCUT2D eigenvalue weighted by Gasteiger charge is 2.58. The SMILES string of the molecule is NCC(OC(C(F)(F)F)C(F)(F)F)c1ccc(Cl)cc1. The molecule has 1 unspecified atom stereocenters. The third-order valence-corrected chi connectivity index (χ3v) is 2.60. The van der Waals surface area contributed by atoms with Crippen LogP contribution in [0.2, 0.25) is 5.02 Å². The van der Waals surface area contributed by atoms with Gasteiger partial charge in [-0.25, -0.2) is 0 Å². The summed E-state index contributed by atoms with van der Waals surface area (Å²) in [6, 6.07) is 5.14. The van der Waals surface area contributed by atoms with E-state index in [9.17, 15) is 26.3 Å². The molecule has 2 nitrogen and oxygen atoms in total. The van der Waals surface area contributed by atoms with Gasteiger partial charge in [-0.1, -0.05) is 23.7 Å². The predicted molar refractivity (Wildman–Crippen MR) is 60.2 cm³/mol. The van der Waals surface area contributed by atoms with Gasteiger partial charge in [-0.05, 0) is 17.7 Å². The van der Waals surface area contributed by atoms with Gasteiger partial charge in [0.25, 0.3) is 0 Å². The van der Waals surface area contributed by atoms with E-state index in [0.717, 1.165) is 0 Å². The Bertz CT molecular complexity index is 416. The molecule has 1 aromatic carbocycles. The Labute approximate surface area is 115 Å². The van der Waals surface area contributed by atoms with Crippen LogP contribution in [0.25, 0.3) is 0 Å². The number of halogens is 7. The molecule has 0 spiro atoms. The lowest BCUT2D eigenvalue weighted by atomic mass is 10.1. The van der Waals surface area contributed by atoms with Crippen molar-refractivity contribution in [2.45, 2.75) is 24.6 Å². The molecule has 1 rings (SSSR count). The van der Waals surface area contributed by atoms with Crippen molar-refractivity contribution in [3.63, 3.8) is 0 Å². The van der Waals surface area contributed by atoms with Gasteiger partial charge < -0.3 is 10.5 Å². The number of alkyl halides is 6. The van der Waals surface area contributed by atoms with E-state index in [1.807, 2.05) is 0 Å². The second-order valence-corrected chi connectivity index (χ2v) is 4.31. The predicted octanol–water partition coefficient (Wildman–Crippen LogP) is 3.85. The first-order valence-electron chi connectivity index (χ1n) is 5.30. The number of hydrogen-bond acceptors (Lipinski definition) is 2. The molecular formula is C11H10ClF6NO. The maximum Gasteiger partial charge on any atom is 0.423 e. The summed E-state index contributed by atoms with van der Waals surface area (Å²) in [4.78, 5) is 0. The second-order valence-electron chi connectivity index (χ2n) is 3.88. The molecule has 0 heterocycles. The van der Waals surface area contributed by atoms with Crippen LogP contribution in [-0.2, 0) is 4.74 Å². The lowest BCUT2D eigenvalue weighted by molar-refractivity contribution is -0.331. The molecule has 0 aromatic heterocycles. The summed E-state index contributed by atoms with van der Waals surface area (Å²) in [6.45, 7) is -0.537. The van der Waals surface area contributed by atoms with E-state index in [1.165, 1.54) is 24.3 Å². The average Bonchev–Trinajstić information content (AvgIpc) is 2.28. The highest BCUT2D eigenvalue weighted by molar-refractivity contribution is 6.30. The average molecular weight is 322 g/mol. The van der Waals surface area contributed by atoms with E-state index in [-0.39, 0.29) is 10.6 Å². The Balaban J connectivity index is 2.98. The van der Waals surface area contributed by atoms with Crippen LogP contribution < -0.4 is 5.73 Å². The smallest absolute Gasteiger partial charge is 0.351 e. The number of ether oxygens (including phenoxy) is 1. The minimum absolute atomic E-state index is 0.0791. The Kier molecular flexibility index (Phi) is 5.28. The summed E-state index contributed by atoms with van der Waals surface area (Å²) in [5.74, 6) is 0. The van der Waals surface area contributed by atoms with Gasteiger partial charge in [-0.2, -0.15) is 26.3 Å². The van der Waals surface area contributed by atoms with Crippen LogP contribution in [0.3, 0.4) is 0 Å². The Morgan fingerprint density at radius 2 is 1.45 bits per heavy atom. The molecule has 1 aromatic rings. The van der Waals surface area contributed by atoms with Gasteiger partial charge in [-0.3, -0.25) is 0 Å². The Hall–Kier alpha value is -0.990. The molecule has 0 aliphatic heterocycles. The molecule has 114 valence electrons. The number of rotatable bonds is 4. The molecule has 20 heavy (non-hydrogen) atoms. The minimum Gasteiger partial charge on any atom is -0.351 e.